The summed E-state index contributed by atoms with van der Waals surface area (Å²) in [6.45, 7) is 0.278. The van der Waals surface area contributed by atoms with Gasteiger partial charge >= 0.3 is 5.97 Å². The van der Waals surface area contributed by atoms with E-state index in [9.17, 15) is 14.4 Å². The van der Waals surface area contributed by atoms with Crippen LogP contribution in [-0.2, 0) is 14.4 Å². The topological polar surface area (TPSA) is 105 Å². The third-order valence-electron chi connectivity index (χ3n) is 3.78. The molecule has 2 N–H and O–H groups in total. The van der Waals surface area contributed by atoms with Crippen molar-refractivity contribution in [2.75, 3.05) is 32.2 Å². The summed E-state index contributed by atoms with van der Waals surface area (Å²) in [6, 6.07) is 5.09. The largest absolute Gasteiger partial charge is 0.497 e. The number of carboxylic acid groups (broad SMARTS) is 1. The summed E-state index contributed by atoms with van der Waals surface area (Å²) in [6.07, 6.45) is -0.0678. The van der Waals surface area contributed by atoms with Gasteiger partial charge in [0.25, 0.3) is 0 Å². The van der Waals surface area contributed by atoms with Gasteiger partial charge in [0.2, 0.25) is 11.8 Å². The van der Waals surface area contributed by atoms with Crippen molar-refractivity contribution in [1.82, 2.24) is 5.32 Å². The maximum Gasteiger partial charge on any atom is 0.305 e. The first kappa shape index (κ1) is 17.6. The number of rotatable bonds is 7. The lowest BCUT2D eigenvalue weighted by atomic mass is 10.1. The number of ether oxygens (including phenoxy) is 2. The second kappa shape index (κ2) is 7.67. The van der Waals surface area contributed by atoms with Crippen LogP contribution in [0.5, 0.6) is 11.5 Å². The number of nitrogens with one attached hydrogen (secondary N) is 1. The zero-order chi connectivity index (χ0) is 17.7. The van der Waals surface area contributed by atoms with Crippen molar-refractivity contribution in [3.05, 3.63) is 18.2 Å². The molecule has 1 fully saturated rings. The highest BCUT2D eigenvalue weighted by molar-refractivity contribution is 6.00. The Hall–Kier alpha value is -2.77. The molecule has 0 saturated carbocycles. The van der Waals surface area contributed by atoms with Crippen LogP contribution in [0.15, 0.2) is 18.2 Å². The Balaban J connectivity index is 2.07. The first-order valence-electron chi connectivity index (χ1n) is 7.47. The maximum atomic E-state index is 12.2. The van der Waals surface area contributed by atoms with Crippen LogP contribution in [0.1, 0.15) is 12.8 Å². The molecule has 0 unspecified atom stereocenters. The van der Waals surface area contributed by atoms with Gasteiger partial charge in [0.1, 0.15) is 11.5 Å². The van der Waals surface area contributed by atoms with Crippen molar-refractivity contribution in [3.63, 3.8) is 0 Å². The quantitative estimate of drug-likeness (QED) is 0.757. The van der Waals surface area contributed by atoms with E-state index in [1.54, 1.807) is 18.2 Å². The summed E-state index contributed by atoms with van der Waals surface area (Å²) in [7, 11) is 3.03. The molecule has 1 aliphatic heterocycles. The minimum Gasteiger partial charge on any atom is -0.497 e. The second-order valence-corrected chi connectivity index (χ2v) is 5.41. The fourth-order valence-electron chi connectivity index (χ4n) is 2.52. The molecule has 1 heterocycles. The van der Waals surface area contributed by atoms with Gasteiger partial charge in [-0.25, -0.2) is 0 Å². The van der Waals surface area contributed by atoms with Crippen molar-refractivity contribution in [1.29, 1.82) is 0 Å². The highest BCUT2D eigenvalue weighted by Crippen LogP contribution is 2.32. The van der Waals surface area contributed by atoms with Gasteiger partial charge in [0.15, 0.2) is 0 Å². The smallest absolute Gasteiger partial charge is 0.305 e. The van der Waals surface area contributed by atoms with Gasteiger partial charge in [-0.15, -0.1) is 0 Å². The van der Waals surface area contributed by atoms with Gasteiger partial charge in [-0.05, 0) is 0 Å². The summed E-state index contributed by atoms with van der Waals surface area (Å²) in [5.74, 6) is -0.893. The molecule has 1 atom stereocenters. The van der Waals surface area contributed by atoms with Crippen LogP contribution in [0, 0.1) is 5.92 Å². The Kier molecular flexibility index (Phi) is 5.62. The molecule has 0 aromatic heterocycles. The van der Waals surface area contributed by atoms with Crippen molar-refractivity contribution in [2.24, 2.45) is 5.92 Å². The van der Waals surface area contributed by atoms with Gasteiger partial charge in [0, 0.05) is 37.7 Å². The van der Waals surface area contributed by atoms with E-state index >= 15 is 0 Å². The fourth-order valence-corrected chi connectivity index (χ4v) is 2.52. The number of carbonyl (C=O) groups excluding carboxylic acids is 2. The zero-order valence-electron chi connectivity index (χ0n) is 13.6. The highest BCUT2D eigenvalue weighted by atomic mass is 16.5. The molecule has 0 spiro atoms. The first-order chi connectivity index (χ1) is 11.4. The predicted molar refractivity (Wildman–Crippen MR) is 85.3 cm³/mol. The fraction of sp³-hybridized carbons (Fsp3) is 0.438. The zero-order valence-corrected chi connectivity index (χ0v) is 13.6. The molecule has 8 heteroatoms. The van der Waals surface area contributed by atoms with Gasteiger partial charge in [0.05, 0.1) is 32.2 Å². The number of hydrogen-bond donors (Lipinski definition) is 2. The van der Waals surface area contributed by atoms with Crippen molar-refractivity contribution in [2.45, 2.75) is 12.8 Å². The van der Waals surface area contributed by atoms with Crippen molar-refractivity contribution >= 4 is 23.5 Å². The van der Waals surface area contributed by atoms with Crippen LogP contribution in [-0.4, -0.2) is 50.2 Å². The SMILES string of the molecule is COc1cc(OC)cc(N2C[C@@H](C(=O)NCCC(=O)O)CC2=O)c1. The number of hydrogen-bond acceptors (Lipinski definition) is 5. The van der Waals surface area contributed by atoms with Crippen molar-refractivity contribution < 1.29 is 29.0 Å². The van der Waals surface area contributed by atoms with E-state index in [1.165, 1.54) is 19.1 Å². The highest BCUT2D eigenvalue weighted by Gasteiger charge is 2.35. The van der Waals surface area contributed by atoms with Gasteiger partial charge in [-0.3, -0.25) is 14.4 Å². The minimum absolute atomic E-state index is 0.0475. The molecule has 1 aromatic rings. The second-order valence-electron chi connectivity index (χ2n) is 5.41. The summed E-state index contributed by atoms with van der Waals surface area (Å²) in [4.78, 5) is 36.3. The molecular weight excluding hydrogens is 316 g/mol. The van der Waals surface area contributed by atoms with Crippen LogP contribution in [0.4, 0.5) is 5.69 Å². The predicted octanol–water partition coefficient (Wildman–Crippen LogP) is 0.648. The van der Waals surface area contributed by atoms with E-state index in [-0.39, 0.29) is 37.7 Å². The number of carboxylic acids is 1. The van der Waals surface area contributed by atoms with Crippen molar-refractivity contribution in [3.8, 4) is 11.5 Å². The van der Waals surface area contributed by atoms with Crippen LogP contribution in [0.25, 0.3) is 0 Å². The summed E-state index contributed by atoms with van der Waals surface area (Å²) in [5.41, 5.74) is 0.594. The monoisotopic (exact) mass is 336 g/mol. The summed E-state index contributed by atoms with van der Waals surface area (Å²) < 4.78 is 10.4. The van der Waals surface area contributed by atoms with E-state index in [0.29, 0.717) is 17.2 Å². The van der Waals surface area contributed by atoms with Crippen LogP contribution >= 0.6 is 0 Å². The molecule has 1 saturated heterocycles. The standard InChI is InChI=1S/C16H20N2O6/c1-23-12-6-11(7-13(8-12)24-2)18-9-10(5-14(18)19)16(22)17-4-3-15(20)21/h6-8,10H,3-5,9H2,1-2H3,(H,17,22)(H,20,21)/t10-/m0/s1. The van der Waals surface area contributed by atoms with Crippen LogP contribution in [0.2, 0.25) is 0 Å². The lowest BCUT2D eigenvalue weighted by molar-refractivity contribution is -0.137. The molecule has 2 amide bonds. The molecule has 24 heavy (non-hydrogen) atoms. The number of anilines is 1. The van der Waals surface area contributed by atoms with E-state index in [1.807, 2.05) is 0 Å². The van der Waals surface area contributed by atoms with Gasteiger partial charge in [-0.2, -0.15) is 0 Å². The normalized spacial score (nSPS) is 16.8. The number of benzene rings is 1. The lowest BCUT2D eigenvalue weighted by Gasteiger charge is -2.18. The molecule has 1 aliphatic rings. The molecule has 0 bridgehead atoms. The average Bonchev–Trinajstić information content (AvgIpc) is 2.95. The Morgan fingerprint density at radius 3 is 2.42 bits per heavy atom. The van der Waals surface area contributed by atoms with Crippen LogP contribution < -0.4 is 19.7 Å². The van der Waals surface area contributed by atoms with Gasteiger partial charge in [-0.1, -0.05) is 0 Å². The number of methoxy groups -OCH3 is 2. The van der Waals surface area contributed by atoms with Crippen LogP contribution in [0.3, 0.4) is 0 Å². The van der Waals surface area contributed by atoms with Gasteiger partial charge < -0.3 is 24.8 Å². The molecule has 0 radical (unpaired) electrons. The lowest BCUT2D eigenvalue weighted by Crippen LogP contribution is -2.34. The first-order valence-corrected chi connectivity index (χ1v) is 7.47. The summed E-state index contributed by atoms with van der Waals surface area (Å²) >= 11 is 0. The Bertz CT molecular complexity index is 623. The Labute approximate surface area is 139 Å². The molecule has 2 rings (SSSR count). The Morgan fingerprint density at radius 1 is 1.25 bits per heavy atom. The van der Waals surface area contributed by atoms with E-state index < -0.39 is 11.9 Å². The number of amides is 2. The Morgan fingerprint density at radius 2 is 1.88 bits per heavy atom. The maximum absolute atomic E-state index is 12.2. The number of aliphatic carboxylic acids is 1. The molecule has 0 aliphatic carbocycles. The van der Waals surface area contributed by atoms with E-state index in [4.69, 9.17) is 14.6 Å². The molecular formula is C16H20N2O6. The van der Waals surface area contributed by atoms with E-state index in [2.05, 4.69) is 5.32 Å². The molecule has 130 valence electrons. The number of carbonyl (C=O) groups is 3. The van der Waals surface area contributed by atoms with E-state index in [0.717, 1.165) is 0 Å². The third-order valence-corrected chi connectivity index (χ3v) is 3.78. The third kappa shape index (κ3) is 4.15. The molecule has 8 nitrogen and oxygen atoms in total. The average molecular weight is 336 g/mol. The number of nitrogens with zero attached hydrogens (tertiary/aromatic N) is 1. The minimum atomic E-state index is -0.983. The molecule has 1 aromatic carbocycles. The summed E-state index contributed by atoms with van der Waals surface area (Å²) in [5, 5.41) is 11.1.